The smallest absolute Gasteiger partial charge is 0.381 e. The Morgan fingerprint density at radius 1 is 1.00 bits per heavy atom. The molecule has 1 saturated heterocycles. The minimum Gasteiger partial charge on any atom is -0.381 e. The molecule has 0 aliphatic carbocycles. The number of alkyl halides is 3. The highest BCUT2D eigenvalue weighted by Crippen LogP contribution is 2.38. The average Bonchev–Trinajstić information content (AvgIpc) is 2.84. The summed E-state index contributed by atoms with van der Waals surface area (Å²) in [6.45, 7) is 0.618. The number of carbonyl (C=O) groups excluding carboxylic acids is 1. The van der Waals surface area contributed by atoms with Gasteiger partial charge >= 0.3 is 5.51 Å². The van der Waals surface area contributed by atoms with Crippen LogP contribution >= 0.6 is 0 Å². The summed E-state index contributed by atoms with van der Waals surface area (Å²) in [6, 6.07) is 11.3. The van der Waals surface area contributed by atoms with Crippen LogP contribution in [0.1, 0.15) is 18.4 Å². The van der Waals surface area contributed by atoms with Gasteiger partial charge in [0.2, 0.25) is 11.9 Å². The Hall–Kier alpha value is -3.51. The molecule has 0 radical (unpaired) electrons. The zero-order valence-corrected chi connectivity index (χ0v) is 19.1. The Bertz CT molecular complexity index is 1320. The number of amides is 1. The number of nitrogens with zero attached hydrogens (tertiary/aromatic N) is 2. The second kappa shape index (κ2) is 9.27. The van der Waals surface area contributed by atoms with Gasteiger partial charge in [0.1, 0.15) is 0 Å². The number of carbonyl (C=O) groups is 1. The number of sulfone groups is 1. The van der Waals surface area contributed by atoms with Crippen LogP contribution in [0.4, 0.5) is 24.8 Å². The van der Waals surface area contributed by atoms with Crippen LogP contribution in [0.5, 0.6) is 0 Å². The maximum absolute atomic E-state index is 13.5. The number of hydrogen-bond donors (Lipinski definition) is 2. The number of aromatic nitrogens is 2. The molecule has 4 rings (SSSR count). The minimum atomic E-state index is -5.55. The van der Waals surface area contributed by atoms with Crippen molar-refractivity contribution >= 4 is 27.4 Å². The van der Waals surface area contributed by atoms with Gasteiger partial charge in [0, 0.05) is 36.9 Å². The van der Waals surface area contributed by atoms with Crippen LogP contribution in [0.25, 0.3) is 11.1 Å². The van der Waals surface area contributed by atoms with E-state index in [1.165, 1.54) is 6.07 Å². The molecule has 3 N–H and O–H groups in total. The first kappa shape index (κ1) is 24.6. The lowest BCUT2D eigenvalue weighted by atomic mass is 9.73. The van der Waals surface area contributed by atoms with Crippen molar-refractivity contribution in [2.75, 3.05) is 24.3 Å². The fraction of sp³-hybridized carbons (Fsp3) is 0.261. The van der Waals surface area contributed by atoms with Crippen molar-refractivity contribution in [2.45, 2.75) is 28.7 Å². The zero-order chi connectivity index (χ0) is 25.3. The molecule has 2 heterocycles. The van der Waals surface area contributed by atoms with E-state index < -0.39 is 31.6 Å². The van der Waals surface area contributed by atoms with Gasteiger partial charge in [0.15, 0.2) is 0 Å². The van der Waals surface area contributed by atoms with E-state index in [1.54, 1.807) is 24.5 Å². The lowest BCUT2D eigenvalue weighted by Crippen LogP contribution is -2.44. The SMILES string of the molecule is Nc1ncc(-c2ccc(C3(C(=O)Nc4cccc(S(=O)(=O)C(F)(F)F)c4)CCOCC3)cc2)cn1. The molecular weight excluding hydrogens is 485 g/mol. The van der Waals surface area contributed by atoms with Crippen LogP contribution in [-0.4, -0.2) is 43.0 Å². The van der Waals surface area contributed by atoms with E-state index in [9.17, 15) is 26.4 Å². The third-order valence-corrected chi connectivity index (χ3v) is 7.41. The normalized spacial score (nSPS) is 16.0. The van der Waals surface area contributed by atoms with E-state index >= 15 is 0 Å². The molecule has 0 unspecified atom stereocenters. The molecule has 1 amide bonds. The van der Waals surface area contributed by atoms with Gasteiger partial charge in [-0.3, -0.25) is 4.79 Å². The Labute approximate surface area is 199 Å². The lowest BCUT2D eigenvalue weighted by Gasteiger charge is -2.36. The van der Waals surface area contributed by atoms with Crippen molar-refractivity contribution in [1.82, 2.24) is 9.97 Å². The van der Waals surface area contributed by atoms with Gasteiger partial charge in [-0.25, -0.2) is 18.4 Å². The van der Waals surface area contributed by atoms with Gasteiger partial charge in [0.05, 0.1) is 10.3 Å². The summed E-state index contributed by atoms with van der Waals surface area (Å²) in [5, 5.41) is 2.61. The molecule has 3 aromatic rings. The molecule has 2 aromatic carbocycles. The molecule has 184 valence electrons. The molecule has 0 bridgehead atoms. The van der Waals surface area contributed by atoms with E-state index in [0.717, 1.165) is 29.3 Å². The number of halogens is 3. The van der Waals surface area contributed by atoms with Crippen molar-refractivity contribution in [3.05, 3.63) is 66.5 Å². The van der Waals surface area contributed by atoms with Crippen molar-refractivity contribution < 1.29 is 31.1 Å². The third-order valence-electron chi connectivity index (χ3n) is 5.93. The van der Waals surface area contributed by atoms with Gasteiger partial charge < -0.3 is 15.8 Å². The molecule has 12 heteroatoms. The number of ether oxygens (including phenoxy) is 1. The summed E-state index contributed by atoms with van der Waals surface area (Å²) in [4.78, 5) is 20.5. The van der Waals surface area contributed by atoms with E-state index in [-0.39, 0.29) is 11.6 Å². The molecule has 0 saturated carbocycles. The molecule has 1 aromatic heterocycles. The van der Waals surface area contributed by atoms with Gasteiger partial charge in [0.25, 0.3) is 9.84 Å². The first-order chi connectivity index (χ1) is 16.5. The monoisotopic (exact) mass is 506 g/mol. The van der Waals surface area contributed by atoms with Crippen LogP contribution in [0.3, 0.4) is 0 Å². The zero-order valence-electron chi connectivity index (χ0n) is 18.2. The van der Waals surface area contributed by atoms with Crippen molar-refractivity contribution in [3.8, 4) is 11.1 Å². The van der Waals surface area contributed by atoms with Gasteiger partial charge in [-0.15, -0.1) is 0 Å². The molecule has 1 aliphatic heterocycles. The number of benzene rings is 2. The number of hydrogen-bond acceptors (Lipinski definition) is 7. The van der Waals surface area contributed by atoms with E-state index in [1.807, 2.05) is 12.1 Å². The number of nitrogen functional groups attached to an aromatic ring is 1. The van der Waals surface area contributed by atoms with Crippen molar-refractivity contribution in [2.24, 2.45) is 0 Å². The van der Waals surface area contributed by atoms with E-state index in [4.69, 9.17) is 10.5 Å². The Balaban J connectivity index is 1.63. The first-order valence-electron chi connectivity index (χ1n) is 10.5. The molecule has 1 fully saturated rings. The van der Waals surface area contributed by atoms with Gasteiger partial charge in [-0.1, -0.05) is 30.3 Å². The van der Waals surface area contributed by atoms with Crippen LogP contribution in [-0.2, 0) is 24.8 Å². The Morgan fingerprint density at radius 2 is 1.63 bits per heavy atom. The summed E-state index contributed by atoms with van der Waals surface area (Å²) >= 11 is 0. The molecule has 35 heavy (non-hydrogen) atoms. The Morgan fingerprint density at radius 3 is 2.23 bits per heavy atom. The average molecular weight is 507 g/mol. The molecule has 1 aliphatic rings. The highest BCUT2D eigenvalue weighted by atomic mass is 32.2. The second-order valence-electron chi connectivity index (χ2n) is 8.03. The second-order valence-corrected chi connectivity index (χ2v) is 9.97. The summed E-state index contributed by atoms with van der Waals surface area (Å²) in [5.41, 5.74) is 1.24. The fourth-order valence-electron chi connectivity index (χ4n) is 3.96. The summed E-state index contributed by atoms with van der Waals surface area (Å²) in [5.74, 6) is -0.318. The van der Waals surface area contributed by atoms with E-state index in [2.05, 4.69) is 15.3 Å². The third kappa shape index (κ3) is 4.84. The van der Waals surface area contributed by atoms with Crippen LogP contribution in [0, 0.1) is 0 Å². The van der Waals surface area contributed by atoms with Crippen LogP contribution in [0.15, 0.2) is 65.8 Å². The maximum atomic E-state index is 13.5. The van der Waals surface area contributed by atoms with E-state index in [0.29, 0.717) is 31.6 Å². The van der Waals surface area contributed by atoms with Crippen LogP contribution in [0.2, 0.25) is 0 Å². The number of anilines is 2. The predicted molar refractivity (Wildman–Crippen MR) is 122 cm³/mol. The summed E-state index contributed by atoms with van der Waals surface area (Å²) in [7, 11) is -5.55. The number of nitrogens with one attached hydrogen (secondary N) is 1. The lowest BCUT2D eigenvalue weighted by molar-refractivity contribution is -0.125. The topological polar surface area (TPSA) is 124 Å². The molecule has 0 spiro atoms. The van der Waals surface area contributed by atoms with Gasteiger partial charge in [-0.2, -0.15) is 13.2 Å². The number of rotatable bonds is 5. The maximum Gasteiger partial charge on any atom is 0.501 e. The largest absolute Gasteiger partial charge is 0.501 e. The predicted octanol–water partition coefficient (Wildman–Crippen LogP) is 3.71. The Kier molecular flexibility index (Phi) is 6.52. The summed E-state index contributed by atoms with van der Waals surface area (Å²) < 4.78 is 67.9. The first-order valence-corrected chi connectivity index (χ1v) is 12.0. The van der Waals surface area contributed by atoms with Crippen molar-refractivity contribution in [3.63, 3.8) is 0 Å². The quantitative estimate of drug-likeness (QED) is 0.541. The molecular formula is C23H21F3N4O4S. The molecule has 8 nitrogen and oxygen atoms in total. The summed E-state index contributed by atoms with van der Waals surface area (Å²) in [6.07, 6.45) is 3.83. The fourth-order valence-corrected chi connectivity index (χ4v) is 4.77. The highest BCUT2D eigenvalue weighted by Gasteiger charge is 2.47. The van der Waals surface area contributed by atoms with Gasteiger partial charge in [-0.05, 0) is 42.2 Å². The molecule has 0 atom stereocenters. The number of nitrogens with two attached hydrogens (primary N) is 1. The minimum absolute atomic E-state index is 0.0539. The van der Waals surface area contributed by atoms with Crippen LogP contribution < -0.4 is 11.1 Å². The highest BCUT2D eigenvalue weighted by molar-refractivity contribution is 7.92. The van der Waals surface area contributed by atoms with Crippen molar-refractivity contribution in [1.29, 1.82) is 0 Å². The standard InChI is InChI=1S/C23H21F3N4O4S/c24-23(25,26)35(32,33)19-3-1-2-18(12-19)30-20(31)22(8-10-34-11-9-22)17-6-4-15(5-7-17)16-13-28-21(27)29-14-16/h1-7,12-14H,8-11H2,(H,30,31)(H2,27,28,29).